The number of hydrogen-bond donors (Lipinski definition) is 1. The van der Waals surface area contributed by atoms with Crippen LogP contribution in [0.4, 0.5) is 0 Å². The lowest BCUT2D eigenvalue weighted by atomic mass is 9.70. The van der Waals surface area contributed by atoms with Gasteiger partial charge in [-0.25, -0.2) is 0 Å². The third-order valence-electron chi connectivity index (χ3n) is 4.27. The summed E-state index contributed by atoms with van der Waals surface area (Å²) in [5, 5.41) is 10.2. The molecule has 0 radical (unpaired) electrons. The summed E-state index contributed by atoms with van der Waals surface area (Å²) in [7, 11) is 0. The molecule has 1 N–H and O–H groups in total. The van der Waals surface area contributed by atoms with Crippen LogP contribution in [-0.2, 0) is 0 Å². The molecule has 0 aromatic heterocycles. The van der Waals surface area contributed by atoms with E-state index in [2.05, 4.69) is 6.92 Å². The normalized spacial score (nSPS) is 66.0. The Hall–Kier alpha value is -0.0400. The molecule has 0 heterocycles. The third-order valence-corrected chi connectivity index (χ3v) is 4.27. The quantitative estimate of drug-likeness (QED) is 0.562. The minimum atomic E-state index is -0.211. The minimum absolute atomic E-state index is 0.211. The lowest BCUT2D eigenvalue weighted by Crippen LogP contribution is -2.32. The number of rotatable bonds is 0. The van der Waals surface area contributed by atoms with Gasteiger partial charge in [0.05, 0.1) is 5.60 Å². The summed E-state index contributed by atoms with van der Waals surface area (Å²) in [6.07, 6.45) is 6.24. The maximum absolute atomic E-state index is 10.2. The summed E-state index contributed by atoms with van der Waals surface area (Å²) in [6.45, 7) is 2.36. The second-order valence-electron chi connectivity index (χ2n) is 5.50. The molecule has 4 rings (SSSR count). The summed E-state index contributed by atoms with van der Waals surface area (Å²) >= 11 is 0. The Morgan fingerprint density at radius 3 is 2.64 bits per heavy atom. The fraction of sp³-hybridized carbons (Fsp3) is 1.00. The van der Waals surface area contributed by atoms with E-state index < -0.39 is 0 Å². The van der Waals surface area contributed by atoms with Crippen LogP contribution in [0, 0.1) is 17.3 Å². The van der Waals surface area contributed by atoms with Gasteiger partial charge < -0.3 is 5.11 Å². The van der Waals surface area contributed by atoms with Crippen molar-refractivity contribution in [2.24, 2.45) is 17.3 Å². The monoisotopic (exact) mass is 152 g/mol. The second-order valence-corrected chi connectivity index (χ2v) is 5.50. The van der Waals surface area contributed by atoms with Gasteiger partial charge in [-0.15, -0.1) is 0 Å². The molecule has 4 saturated carbocycles. The average Bonchev–Trinajstić information content (AvgIpc) is 2.09. The van der Waals surface area contributed by atoms with Gasteiger partial charge in [-0.3, -0.25) is 0 Å². The van der Waals surface area contributed by atoms with E-state index in [0.717, 1.165) is 18.8 Å². The van der Waals surface area contributed by atoms with Crippen molar-refractivity contribution in [1.29, 1.82) is 0 Å². The first-order chi connectivity index (χ1) is 5.10. The molecule has 0 aromatic carbocycles. The predicted octanol–water partition coefficient (Wildman–Crippen LogP) is 1.95. The highest BCUT2D eigenvalue weighted by Crippen LogP contribution is 2.65. The molecule has 1 heteroatoms. The van der Waals surface area contributed by atoms with Crippen LogP contribution in [0.5, 0.6) is 0 Å². The van der Waals surface area contributed by atoms with E-state index in [4.69, 9.17) is 0 Å². The summed E-state index contributed by atoms with van der Waals surface area (Å²) in [5.74, 6) is 1.55. The standard InChI is InChI=1S/C10H16O/c1-9-3-7-2-8(5-9)10(11,4-7)6-9/h7-8,11H,2-6H2,1H3. The first kappa shape index (κ1) is 6.47. The molecule has 4 aliphatic rings. The topological polar surface area (TPSA) is 20.2 Å². The zero-order valence-electron chi connectivity index (χ0n) is 7.14. The van der Waals surface area contributed by atoms with Crippen LogP contribution < -0.4 is 0 Å². The van der Waals surface area contributed by atoms with Gasteiger partial charge in [0, 0.05) is 0 Å². The molecule has 4 atom stereocenters. The SMILES string of the molecule is CC12CC3CC(C1)C(O)(C3)C2. The fourth-order valence-corrected chi connectivity index (χ4v) is 4.28. The molecule has 0 saturated heterocycles. The van der Waals surface area contributed by atoms with Crippen molar-refractivity contribution in [2.75, 3.05) is 0 Å². The molecular formula is C10H16O. The lowest BCUT2D eigenvalue weighted by Gasteiger charge is -2.36. The van der Waals surface area contributed by atoms with Gasteiger partial charge in [-0.05, 0) is 49.4 Å². The highest BCUT2D eigenvalue weighted by atomic mass is 16.3. The molecular weight excluding hydrogens is 136 g/mol. The van der Waals surface area contributed by atoms with Crippen LogP contribution in [0.3, 0.4) is 0 Å². The van der Waals surface area contributed by atoms with E-state index in [0.29, 0.717) is 11.3 Å². The highest BCUT2D eigenvalue weighted by molar-refractivity contribution is 5.12. The lowest BCUT2D eigenvalue weighted by molar-refractivity contribution is -0.00146. The van der Waals surface area contributed by atoms with Gasteiger partial charge in [0.1, 0.15) is 0 Å². The van der Waals surface area contributed by atoms with E-state index >= 15 is 0 Å². The Bertz CT molecular complexity index is 211. The summed E-state index contributed by atoms with van der Waals surface area (Å²) < 4.78 is 0. The van der Waals surface area contributed by atoms with Gasteiger partial charge in [0.2, 0.25) is 0 Å². The van der Waals surface area contributed by atoms with Crippen molar-refractivity contribution >= 4 is 0 Å². The molecule has 0 aliphatic heterocycles. The van der Waals surface area contributed by atoms with Crippen molar-refractivity contribution in [1.82, 2.24) is 0 Å². The summed E-state index contributed by atoms with van der Waals surface area (Å²) in [6, 6.07) is 0. The van der Waals surface area contributed by atoms with Crippen LogP contribution in [0.2, 0.25) is 0 Å². The van der Waals surface area contributed by atoms with Crippen molar-refractivity contribution in [2.45, 2.75) is 44.6 Å². The smallest absolute Gasteiger partial charge is 0.0684 e. The summed E-state index contributed by atoms with van der Waals surface area (Å²) in [5.41, 5.74) is 0.318. The summed E-state index contributed by atoms with van der Waals surface area (Å²) in [4.78, 5) is 0. The maximum atomic E-state index is 10.2. The largest absolute Gasteiger partial charge is 0.390 e. The molecule has 0 spiro atoms. The van der Waals surface area contributed by atoms with Crippen molar-refractivity contribution in [3.05, 3.63) is 0 Å². The van der Waals surface area contributed by atoms with Crippen LogP contribution in [0.1, 0.15) is 39.0 Å². The van der Waals surface area contributed by atoms with Crippen molar-refractivity contribution in [3.63, 3.8) is 0 Å². The Balaban J connectivity index is 2.06. The predicted molar refractivity (Wildman–Crippen MR) is 43.1 cm³/mol. The zero-order chi connectivity index (χ0) is 7.69. The van der Waals surface area contributed by atoms with E-state index in [-0.39, 0.29) is 5.60 Å². The molecule has 4 aliphatic carbocycles. The molecule has 0 amide bonds. The molecule has 4 bridgehead atoms. The van der Waals surface area contributed by atoms with Gasteiger partial charge in [0.15, 0.2) is 0 Å². The molecule has 4 fully saturated rings. The Kier molecular flexibility index (Phi) is 0.893. The second kappa shape index (κ2) is 1.52. The fourth-order valence-electron chi connectivity index (χ4n) is 4.28. The highest BCUT2D eigenvalue weighted by Gasteiger charge is 2.61. The van der Waals surface area contributed by atoms with E-state index in [1.165, 1.54) is 19.3 Å². The van der Waals surface area contributed by atoms with Crippen molar-refractivity contribution < 1.29 is 5.11 Å². The molecule has 62 valence electrons. The maximum Gasteiger partial charge on any atom is 0.0684 e. The first-order valence-electron chi connectivity index (χ1n) is 4.82. The average molecular weight is 152 g/mol. The molecule has 11 heavy (non-hydrogen) atoms. The van der Waals surface area contributed by atoms with Crippen LogP contribution in [0.15, 0.2) is 0 Å². The Labute approximate surface area is 67.8 Å². The molecule has 4 unspecified atom stereocenters. The van der Waals surface area contributed by atoms with Crippen LogP contribution in [0.25, 0.3) is 0 Å². The first-order valence-corrected chi connectivity index (χ1v) is 4.82. The van der Waals surface area contributed by atoms with E-state index in [9.17, 15) is 5.11 Å². The zero-order valence-corrected chi connectivity index (χ0v) is 7.14. The van der Waals surface area contributed by atoms with Gasteiger partial charge in [-0.2, -0.15) is 0 Å². The van der Waals surface area contributed by atoms with Gasteiger partial charge >= 0.3 is 0 Å². The number of hydrogen-bond acceptors (Lipinski definition) is 1. The minimum Gasteiger partial charge on any atom is -0.390 e. The van der Waals surface area contributed by atoms with Crippen LogP contribution in [-0.4, -0.2) is 10.7 Å². The van der Waals surface area contributed by atoms with Crippen molar-refractivity contribution in [3.8, 4) is 0 Å². The number of aliphatic hydroxyl groups is 1. The molecule has 1 nitrogen and oxygen atoms in total. The third kappa shape index (κ3) is 0.658. The Morgan fingerprint density at radius 1 is 1.27 bits per heavy atom. The van der Waals surface area contributed by atoms with Gasteiger partial charge in [-0.1, -0.05) is 6.92 Å². The Morgan fingerprint density at radius 2 is 2.09 bits per heavy atom. The van der Waals surface area contributed by atoms with E-state index in [1.807, 2.05) is 0 Å². The van der Waals surface area contributed by atoms with Gasteiger partial charge in [0.25, 0.3) is 0 Å². The van der Waals surface area contributed by atoms with E-state index in [1.54, 1.807) is 0 Å². The molecule has 0 aromatic rings. The van der Waals surface area contributed by atoms with Crippen LogP contribution >= 0.6 is 0 Å².